The molecular formula is C12H28NP. The molecule has 1 nitrogen and oxygen atoms in total. The molecule has 0 spiro atoms. The van der Waals surface area contributed by atoms with E-state index in [9.17, 15) is 0 Å². The quantitative estimate of drug-likeness (QED) is 0.574. The van der Waals surface area contributed by atoms with Crippen molar-refractivity contribution in [2.24, 2.45) is 0 Å². The molecular weight excluding hydrogens is 189 g/mol. The topological polar surface area (TPSA) is 3.24 Å². The van der Waals surface area contributed by atoms with Crippen LogP contribution in [0.15, 0.2) is 0 Å². The van der Waals surface area contributed by atoms with Gasteiger partial charge >= 0.3 is 0 Å². The summed E-state index contributed by atoms with van der Waals surface area (Å²) in [5.41, 5.74) is 0. The van der Waals surface area contributed by atoms with E-state index in [0.717, 1.165) is 0 Å². The lowest BCUT2D eigenvalue weighted by Crippen LogP contribution is -2.33. The molecule has 86 valence electrons. The molecule has 0 atom stereocenters. The second-order valence-corrected chi connectivity index (χ2v) is 6.89. The zero-order chi connectivity index (χ0) is 11.1. The highest BCUT2D eigenvalue weighted by Crippen LogP contribution is 2.44. The third-order valence-corrected chi connectivity index (χ3v) is 5.85. The van der Waals surface area contributed by atoms with Gasteiger partial charge in [-0.25, -0.2) is 0 Å². The fraction of sp³-hybridized carbons (Fsp3) is 1.00. The van der Waals surface area contributed by atoms with Gasteiger partial charge in [0.1, 0.15) is 0 Å². The maximum atomic E-state index is 2.74. The van der Waals surface area contributed by atoms with E-state index in [-0.39, 0.29) is 8.07 Å². The Bertz CT molecular complexity index is 120. The maximum absolute atomic E-state index is 2.74. The second-order valence-electron chi connectivity index (χ2n) is 4.52. The van der Waals surface area contributed by atoms with E-state index >= 15 is 0 Å². The maximum Gasteiger partial charge on any atom is 0.00803 e. The molecule has 0 aliphatic heterocycles. The van der Waals surface area contributed by atoms with Crippen molar-refractivity contribution in [3.8, 4) is 0 Å². The monoisotopic (exact) mass is 217 g/mol. The van der Waals surface area contributed by atoms with Gasteiger partial charge in [0.2, 0.25) is 0 Å². The minimum absolute atomic E-state index is 0.130. The highest BCUT2D eigenvalue weighted by Gasteiger charge is 2.21. The van der Waals surface area contributed by atoms with Crippen LogP contribution in [0.25, 0.3) is 0 Å². The molecule has 0 aromatic carbocycles. The molecule has 0 saturated heterocycles. The van der Waals surface area contributed by atoms with Crippen molar-refractivity contribution in [3.05, 3.63) is 0 Å². The molecule has 0 heterocycles. The van der Waals surface area contributed by atoms with Crippen molar-refractivity contribution in [1.29, 1.82) is 0 Å². The first-order valence-corrected chi connectivity index (χ1v) is 7.74. The van der Waals surface area contributed by atoms with Gasteiger partial charge in [0.15, 0.2) is 0 Å². The third kappa shape index (κ3) is 4.75. The van der Waals surface area contributed by atoms with E-state index in [2.05, 4.69) is 46.2 Å². The molecule has 0 radical (unpaired) electrons. The number of hydrogen-bond donors (Lipinski definition) is 0. The SMILES string of the molecule is CCCP(CCC)N(C(C)C)C(C)C. The summed E-state index contributed by atoms with van der Waals surface area (Å²) in [5.74, 6) is 0. The van der Waals surface area contributed by atoms with Crippen LogP contribution >= 0.6 is 8.07 Å². The first-order chi connectivity index (χ1) is 6.54. The number of rotatable bonds is 7. The van der Waals surface area contributed by atoms with Crippen molar-refractivity contribution in [2.45, 2.75) is 66.5 Å². The van der Waals surface area contributed by atoms with Crippen LogP contribution in [0.1, 0.15) is 54.4 Å². The molecule has 2 heteroatoms. The van der Waals surface area contributed by atoms with E-state index in [4.69, 9.17) is 0 Å². The fourth-order valence-electron chi connectivity index (χ4n) is 2.11. The summed E-state index contributed by atoms with van der Waals surface area (Å²) >= 11 is 0. The lowest BCUT2D eigenvalue weighted by Gasteiger charge is -2.38. The van der Waals surface area contributed by atoms with Gasteiger partial charge in [0.25, 0.3) is 0 Å². The minimum atomic E-state index is 0.130. The molecule has 0 aromatic rings. The van der Waals surface area contributed by atoms with E-state index in [1.54, 1.807) is 0 Å². The smallest absolute Gasteiger partial charge is 0.00803 e. The second kappa shape index (κ2) is 7.65. The molecule has 0 saturated carbocycles. The van der Waals surface area contributed by atoms with Crippen LogP contribution in [-0.4, -0.2) is 29.1 Å². The molecule has 0 aliphatic rings. The van der Waals surface area contributed by atoms with E-state index in [0.29, 0.717) is 12.1 Å². The van der Waals surface area contributed by atoms with Gasteiger partial charge in [-0.05, 0) is 48.1 Å². The van der Waals surface area contributed by atoms with Crippen LogP contribution < -0.4 is 0 Å². The first-order valence-electron chi connectivity index (χ1n) is 6.07. The largest absolute Gasteiger partial charge is 0.277 e. The molecule has 0 rings (SSSR count). The van der Waals surface area contributed by atoms with E-state index < -0.39 is 0 Å². The molecule has 0 bridgehead atoms. The summed E-state index contributed by atoms with van der Waals surface area (Å²) in [6.07, 6.45) is 5.50. The van der Waals surface area contributed by atoms with Gasteiger partial charge in [0, 0.05) is 12.1 Å². The average molecular weight is 217 g/mol. The first kappa shape index (κ1) is 14.4. The van der Waals surface area contributed by atoms with Crippen LogP contribution in [0.2, 0.25) is 0 Å². The fourth-order valence-corrected chi connectivity index (χ4v) is 5.13. The predicted molar refractivity (Wildman–Crippen MR) is 69.3 cm³/mol. The Morgan fingerprint density at radius 1 is 0.857 bits per heavy atom. The predicted octanol–water partition coefficient (Wildman–Crippen LogP) is 4.32. The Morgan fingerprint density at radius 2 is 1.21 bits per heavy atom. The van der Waals surface area contributed by atoms with Crippen molar-refractivity contribution in [3.63, 3.8) is 0 Å². The van der Waals surface area contributed by atoms with Gasteiger partial charge in [-0.15, -0.1) is 0 Å². The number of hydrogen-bond acceptors (Lipinski definition) is 1. The van der Waals surface area contributed by atoms with Crippen LogP contribution in [-0.2, 0) is 0 Å². The van der Waals surface area contributed by atoms with Gasteiger partial charge in [0.05, 0.1) is 0 Å². The summed E-state index contributed by atoms with van der Waals surface area (Å²) in [5, 5.41) is 0. The van der Waals surface area contributed by atoms with Crippen LogP contribution in [0.3, 0.4) is 0 Å². The Hall–Kier alpha value is 0.390. The van der Waals surface area contributed by atoms with Crippen molar-refractivity contribution >= 4 is 8.07 Å². The Balaban J connectivity index is 4.37. The summed E-state index contributed by atoms with van der Waals surface area (Å²) in [7, 11) is 0.130. The summed E-state index contributed by atoms with van der Waals surface area (Å²) in [6, 6.07) is 1.42. The van der Waals surface area contributed by atoms with Gasteiger partial charge in [-0.3, -0.25) is 4.67 Å². The molecule has 0 unspecified atom stereocenters. The molecule has 0 aromatic heterocycles. The van der Waals surface area contributed by atoms with Crippen molar-refractivity contribution in [1.82, 2.24) is 4.67 Å². The standard InChI is InChI=1S/C12H28NP/c1-7-9-14(10-8-2)13(11(3)4)12(5)6/h11-12H,7-10H2,1-6H3. The minimum Gasteiger partial charge on any atom is -0.277 e. The third-order valence-electron chi connectivity index (χ3n) is 2.35. The highest BCUT2D eigenvalue weighted by molar-refractivity contribution is 7.55. The Labute approximate surface area is 92.1 Å². The zero-order valence-corrected chi connectivity index (χ0v) is 11.8. The van der Waals surface area contributed by atoms with Crippen LogP contribution in [0.4, 0.5) is 0 Å². The van der Waals surface area contributed by atoms with Gasteiger partial charge < -0.3 is 0 Å². The Kier molecular flexibility index (Phi) is 7.86. The molecule has 0 N–H and O–H groups in total. The lowest BCUT2D eigenvalue weighted by atomic mass is 10.3. The normalized spacial score (nSPS) is 12.4. The molecule has 0 aliphatic carbocycles. The highest BCUT2D eigenvalue weighted by atomic mass is 31.1. The average Bonchev–Trinajstić information content (AvgIpc) is 2.03. The van der Waals surface area contributed by atoms with Gasteiger partial charge in [-0.2, -0.15) is 0 Å². The molecule has 0 fully saturated rings. The summed E-state index contributed by atoms with van der Waals surface area (Å²) < 4.78 is 2.74. The molecule has 14 heavy (non-hydrogen) atoms. The summed E-state index contributed by atoms with van der Waals surface area (Å²) in [4.78, 5) is 0. The zero-order valence-electron chi connectivity index (χ0n) is 10.9. The Morgan fingerprint density at radius 3 is 1.43 bits per heavy atom. The van der Waals surface area contributed by atoms with E-state index in [1.807, 2.05) is 0 Å². The molecule has 0 amide bonds. The van der Waals surface area contributed by atoms with Crippen molar-refractivity contribution < 1.29 is 0 Å². The summed E-state index contributed by atoms with van der Waals surface area (Å²) in [6.45, 7) is 14.0. The van der Waals surface area contributed by atoms with Gasteiger partial charge in [-0.1, -0.05) is 26.7 Å². The lowest BCUT2D eigenvalue weighted by molar-refractivity contribution is 0.321. The van der Waals surface area contributed by atoms with Crippen LogP contribution in [0, 0.1) is 0 Å². The van der Waals surface area contributed by atoms with Crippen LogP contribution in [0.5, 0.6) is 0 Å². The number of nitrogens with zero attached hydrogens (tertiary/aromatic N) is 1. The van der Waals surface area contributed by atoms with Crippen molar-refractivity contribution in [2.75, 3.05) is 12.3 Å². The van der Waals surface area contributed by atoms with E-state index in [1.165, 1.54) is 25.2 Å².